The zero-order valence-corrected chi connectivity index (χ0v) is 16.3. The van der Waals surface area contributed by atoms with Crippen molar-refractivity contribution in [3.05, 3.63) is 66.2 Å². The van der Waals surface area contributed by atoms with E-state index in [2.05, 4.69) is 25.1 Å². The predicted octanol–water partition coefficient (Wildman–Crippen LogP) is 3.38. The third kappa shape index (κ3) is 4.33. The number of benzene rings is 1. The number of aromatic nitrogens is 4. The molecule has 0 fully saturated rings. The second kappa shape index (κ2) is 8.44. The topological polar surface area (TPSA) is 102 Å². The molecule has 0 saturated heterocycles. The van der Waals surface area contributed by atoms with E-state index in [4.69, 9.17) is 0 Å². The number of aliphatic hydroxyl groups excluding tert-OH is 1. The molecule has 158 valence electrons. The van der Waals surface area contributed by atoms with E-state index in [0.717, 1.165) is 10.8 Å². The van der Waals surface area contributed by atoms with Crippen molar-refractivity contribution in [1.29, 1.82) is 0 Å². The van der Waals surface area contributed by atoms with Gasteiger partial charge in [0.2, 0.25) is 0 Å². The van der Waals surface area contributed by atoms with Gasteiger partial charge >= 0.3 is 6.61 Å². The first-order valence-corrected chi connectivity index (χ1v) is 9.18. The molecule has 0 aliphatic rings. The zero-order valence-electron chi connectivity index (χ0n) is 16.3. The maximum absolute atomic E-state index is 12.5. The van der Waals surface area contributed by atoms with Crippen molar-refractivity contribution >= 4 is 22.5 Å². The summed E-state index contributed by atoms with van der Waals surface area (Å²) in [5.41, 5.74) is 2.23. The molecule has 3 heterocycles. The summed E-state index contributed by atoms with van der Waals surface area (Å²) in [7, 11) is 1.74. The lowest BCUT2D eigenvalue weighted by Gasteiger charge is -2.08. The molecular weight excluding hydrogens is 408 g/mol. The largest absolute Gasteiger partial charge is 0.435 e. The number of rotatable bonds is 6. The molecule has 10 heteroatoms. The van der Waals surface area contributed by atoms with Gasteiger partial charge < -0.3 is 15.2 Å². The van der Waals surface area contributed by atoms with Crippen LogP contribution in [-0.4, -0.2) is 37.4 Å². The molecule has 4 rings (SSSR count). The highest BCUT2D eigenvalue weighted by molar-refractivity contribution is 6.04. The SMILES string of the molecule is Cn1ncc(-c2cc3cc(NC(=O)c4ccc(OC(F)F)cc4)ncc3cn2)c1CO. The van der Waals surface area contributed by atoms with E-state index in [-0.39, 0.29) is 17.9 Å². The van der Waals surface area contributed by atoms with E-state index < -0.39 is 12.5 Å². The minimum Gasteiger partial charge on any atom is -0.435 e. The normalized spacial score (nSPS) is 11.1. The van der Waals surface area contributed by atoms with E-state index >= 15 is 0 Å². The summed E-state index contributed by atoms with van der Waals surface area (Å²) in [4.78, 5) is 21.1. The molecule has 0 aliphatic carbocycles. The molecule has 4 aromatic rings. The van der Waals surface area contributed by atoms with Crippen LogP contribution in [0.1, 0.15) is 16.1 Å². The highest BCUT2D eigenvalue weighted by Crippen LogP contribution is 2.26. The predicted molar refractivity (Wildman–Crippen MR) is 109 cm³/mol. The molecule has 0 bridgehead atoms. The number of hydrogen-bond donors (Lipinski definition) is 2. The third-order valence-corrected chi connectivity index (χ3v) is 4.67. The van der Waals surface area contributed by atoms with Gasteiger partial charge in [-0.05, 0) is 41.8 Å². The molecule has 1 amide bonds. The number of amides is 1. The lowest BCUT2D eigenvalue weighted by molar-refractivity contribution is -0.0498. The molecule has 31 heavy (non-hydrogen) atoms. The van der Waals surface area contributed by atoms with E-state index in [1.807, 2.05) is 6.07 Å². The number of nitrogens with zero attached hydrogens (tertiary/aromatic N) is 4. The maximum atomic E-state index is 12.5. The average molecular weight is 425 g/mol. The number of ether oxygens (including phenoxy) is 1. The second-order valence-electron chi connectivity index (χ2n) is 6.63. The molecule has 3 aromatic heterocycles. The molecule has 0 atom stereocenters. The number of anilines is 1. The smallest absolute Gasteiger partial charge is 0.387 e. The summed E-state index contributed by atoms with van der Waals surface area (Å²) >= 11 is 0. The number of hydrogen-bond acceptors (Lipinski definition) is 6. The van der Waals surface area contributed by atoms with Crippen LogP contribution in [0.5, 0.6) is 5.75 Å². The second-order valence-corrected chi connectivity index (χ2v) is 6.63. The molecule has 0 aliphatic heterocycles. The van der Waals surface area contributed by atoms with Crippen LogP contribution < -0.4 is 10.1 Å². The molecule has 8 nitrogen and oxygen atoms in total. The van der Waals surface area contributed by atoms with Crippen molar-refractivity contribution in [2.75, 3.05) is 5.32 Å². The van der Waals surface area contributed by atoms with Gasteiger partial charge in [0.25, 0.3) is 5.91 Å². The first-order chi connectivity index (χ1) is 14.9. The number of carbonyl (C=O) groups excluding carboxylic acids is 1. The number of fused-ring (bicyclic) bond motifs is 1. The Balaban J connectivity index is 1.57. The Morgan fingerprint density at radius 1 is 1.13 bits per heavy atom. The fourth-order valence-corrected chi connectivity index (χ4v) is 3.09. The van der Waals surface area contributed by atoms with Crippen LogP contribution in [0.2, 0.25) is 0 Å². The standard InChI is InChI=1S/C21H17F2N5O3/c1-28-18(11-29)16(10-26-28)17-6-13-7-19(25-9-14(13)8-24-17)27-20(30)12-2-4-15(5-3-12)31-21(22)23/h2-10,21,29H,11H2,1H3,(H,25,27,30). The highest BCUT2D eigenvalue weighted by Gasteiger charge is 2.13. The molecule has 2 N–H and O–H groups in total. The summed E-state index contributed by atoms with van der Waals surface area (Å²) in [6.07, 6.45) is 4.86. The van der Waals surface area contributed by atoms with Gasteiger partial charge in [-0.15, -0.1) is 0 Å². The first-order valence-electron chi connectivity index (χ1n) is 9.18. The van der Waals surface area contributed by atoms with Gasteiger partial charge in [-0.1, -0.05) is 0 Å². The summed E-state index contributed by atoms with van der Waals surface area (Å²) in [5, 5.41) is 18.0. The summed E-state index contributed by atoms with van der Waals surface area (Å²) in [6, 6.07) is 8.86. The van der Waals surface area contributed by atoms with Crippen molar-refractivity contribution in [2.24, 2.45) is 7.05 Å². The third-order valence-electron chi connectivity index (χ3n) is 4.67. The van der Waals surface area contributed by atoms with Crippen LogP contribution in [0, 0.1) is 0 Å². The van der Waals surface area contributed by atoms with Gasteiger partial charge in [0.15, 0.2) is 0 Å². The van der Waals surface area contributed by atoms with E-state index in [9.17, 15) is 18.7 Å². The van der Waals surface area contributed by atoms with Crippen molar-refractivity contribution in [3.63, 3.8) is 0 Å². The quantitative estimate of drug-likeness (QED) is 0.491. The number of pyridine rings is 2. The Morgan fingerprint density at radius 3 is 2.58 bits per heavy atom. The molecule has 0 unspecified atom stereocenters. The molecular formula is C21H17F2N5O3. The summed E-state index contributed by atoms with van der Waals surface area (Å²) < 4.78 is 30.3. The Kier molecular flexibility index (Phi) is 5.54. The fraction of sp³-hybridized carbons (Fsp3) is 0.143. The number of alkyl halides is 2. The Bertz CT molecular complexity index is 1240. The van der Waals surface area contributed by atoms with Crippen molar-refractivity contribution in [3.8, 4) is 17.0 Å². The zero-order chi connectivity index (χ0) is 22.0. The Labute approximate surface area is 175 Å². The van der Waals surface area contributed by atoms with Crippen LogP contribution >= 0.6 is 0 Å². The van der Waals surface area contributed by atoms with Gasteiger partial charge in [0.1, 0.15) is 11.6 Å². The molecule has 0 saturated carbocycles. The van der Waals surface area contributed by atoms with Gasteiger partial charge in [-0.2, -0.15) is 13.9 Å². The number of carbonyl (C=O) groups is 1. The van der Waals surface area contributed by atoms with Crippen LogP contribution in [0.3, 0.4) is 0 Å². The van der Waals surface area contributed by atoms with E-state index in [1.165, 1.54) is 24.3 Å². The molecule has 0 spiro atoms. The van der Waals surface area contributed by atoms with Crippen molar-refractivity contribution < 1.29 is 23.4 Å². The van der Waals surface area contributed by atoms with Crippen LogP contribution in [0.15, 0.2) is 55.0 Å². The number of halogens is 2. The Hall–Kier alpha value is -3.92. The Morgan fingerprint density at radius 2 is 1.87 bits per heavy atom. The van der Waals surface area contributed by atoms with Gasteiger partial charge in [-0.3, -0.25) is 14.5 Å². The highest BCUT2D eigenvalue weighted by atomic mass is 19.3. The van der Waals surface area contributed by atoms with Crippen LogP contribution in [0.25, 0.3) is 22.0 Å². The van der Waals surface area contributed by atoms with E-state index in [0.29, 0.717) is 22.8 Å². The molecule has 1 aromatic carbocycles. The van der Waals surface area contributed by atoms with Crippen molar-refractivity contribution in [1.82, 2.24) is 19.7 Å². The number of aryl methyl sites for hydroxylation is 1. The van der Waals surface area contributed by atoms with Crippen LogP contribution in [0.4, 0.5) is 14.6 Å². The van der Waals surface area contributed by atoms with Gasteiger partial charge in [-0.25, -0.2) is 4.98 Å². The first kappa shape index (κ1) is 20.4. The number of nitrogens with one attached hydrogen (secondary N) is 1. The van der Waals surface area contributed by atoms with Gasteiger partial charge in [0.05, 0.1) is 24.2 Å². The van der Waals surface area contributed by atoms with E-state index in [1.54, 1.807) is 36.4 Å². The minimum atomic E-state index is -2.93. The lowest BCUT2D eigenvalue weighted by Crippen LogP contribution is -2.13. The fourth-order valence-electron chi connectivity index (χ4n) is 3.09. The van der Waals surface area contributed by atoms with Crippen LogP contribution in [-0.2, 0) is 13.7 Å². The maximum Gasteiger partial charge on any atom is 0.387 e. The minimum absolute atomic E-state index is 0.0342. The summed E-state index contributed by atoms with van der Waals surface area (Å²) in [6.45, 7) is -3.11. The lowest BCUT2D eigenvalue weighted by atomic mass is 10.1. The monoisotopic (exact) mass is 425 g/mol. The average Bonchev–Trinajstić information content (AvgIpc) is 3.13. The molecule has 0 radical (unpaired) electrons. The van der Waals surface area contributed by atoms with Crippen molar-refractivity contribution in [2.45, 2.75) is 13.2 Å². The number of aliphatic hydroxyl groups is 1. The summed E-state index contributed by atoms with van der Waals surface area (Å²) in [5.74, 6) is -0.163. The van der Waals surface area contributed by atoms with Gasteiger partial charge in [0, 0.05) is 36.0 Å².